The van der Waals surface area contributed by atoms with Crippen LogP contribution in [0.4, 0.5) is 0 Å². The van der Waals surface area contributed by atoms with Crippen molar-refractivity contribution in [2.24, 2.45) is 0 Å². The molecular weight excluding hydrogens is 186 g/mol. The van der Waals surface area contributed by atoms with Crippen LogP contribution in [0, 0.1) is 11.3 Å². The van der Waals surface area contributed by atoms with Gasteiger partial charge in [0.05, 0.1) is 12.5 Å². The lowest BCUT2D eigenvalue weighted by molar-refractivity contribution is 0.0955. The van der Waals surface area contributed by atoms with Crippen molar-refractivity contribution in [3.8, 4) is 6.07 Å². The van der Waals surface area contributed by atoms with E-state index in [1.165, 1.54) is 26.1 Å². The Balaban J connectivity index is 2.32. The van der Waals surface area contributed by atoms with Gasteiger partial charge in [0.2, 0.25) is 0 Å². The second-order valence-corrected chi connectivity index (χ2v) is 4.30. The van der Waals surface area contributed by atoms with E-state index in [-0.39, 0.29) is 0 Å². The fourth-order valence-corrected chi connectivity index (χ4v) is 2.31. The normalized spacial score (nSPS) is 21.1. The lowest BCUT2D eigenvalue weighted by atomic mass is 10.1. The summed E-state index contributed by atoms with van der Waals surface area (Å²) >= 11 is 0. The summed E-state index contributed by atoms with van der Waals surface area (Å²) in [6.07, 6.45) is 3.03. The maximum absolute atomic E-state index is 8.75. The minimum atomic E-state index is 0.485. The summed E-state index contributed by atoms with van der Waals surface area (Å²) in [5.41, 5.74) is 0. The van der Waals surface area contributed by atoms with Gasteiger partial charge in [-0.1, -0.05) is 13.8 Å². The number of hydrogen-bond donors (Lipinski definition) is 0. The zero-order chi connectivity index (χ0) is 11.1. The Morgan fingerprint density at radius 3 is 2.33 bits per heavy atom. The molecule has 0 spiro atoms. The van der Waals surface area contributed by atoms with Gasteiger partial charge in [-0.2, -0.15) is 5.26 Å². The van der Waals surface area contributed by atoms with Gasteiger partial charge in [-0.3, -0.25) is 4.90 Å². The van der Waals surface area contributed by atoms with Crippen LogP contribution >= 0.6 is 0 Å². The molecule has 1 fully saturated rings. The highest BCUT2D eigenvalue weighted by Gasteiger charge is 2.21. The van der Waals surface area contributed by atoms with Crippen LogP contribution in [-0.2, 0) is 0 Å². The number of nitrogens with zero attached hydrogens (tertiary/aromatic N) is 3. The van der Waals surface area contributed by atoms with Crippen LogP contribution in [0.25, 0.3) is 0 Å². The molecular formula is C12H23N3. The Morgan fingerprint density at radius 2 is 1.87 bits per heavy atom. The molecule has 1 aliphatic heterocycles. The van der Waals surface area contributed by atoms with Crippen LogP contribution in [0.3, 0.4) is 0 Å². The molecule has 0 aliphatic carbocycles. The zero-order valence-corrected chi connectivity index (χ0v) is 10.1. The van der Waals surface area contributed by atoms with Gasteiger partial charge in [-0.25, -0.2) is 0 Å². The third kappa shape index (κ3) is 3.81. The lowest BCUT2D eigenvalue weighted by Crippen LogP contribution is -2.50. The highest BCUT2D eigenvalue weighted by atomic mass is 15.3. The van der Waals surface area contributed by atoms with E-state index >= 15 is 0 Å². The van der Waals surface area contributed by atoms with E-state index in [4.69, 9.17) is 5.26 Å². The molecule has 15 heavy (non-hydrogen) atoms. The molecule has 0 aromatic carbocycles. The molecule has 0 aromatic heterocycles. The van der Waals surface area contributed by atoms with Crippen molar-refractivity contribution in [3.05, 3.63) is 0 Å². The molecule has 1 heterocycles. The molecule has 0 amide bonds. The standard InChI is InChI=1S/C12H23N3/c1-3-7-14-8-10-15(11-9-14)12(4-2)5-6-13/h12H,3-5,7-11H2,1-2H3. The largest absolute Gasteiger partial charge is 0.301 e. The summed E-state index contributed by atoms with van der Waals surface area (Å²) in [5, 5.41) is 8.75. The van der Waals surface area contributed by atoms with Gasteiger partial charge < -0.3 is 4.90 Å². The molecule has 3 nitrogen and oxygen atoms in total. The van der Waals surface area contributed by atoms with Gasteiger partial charge in [0, 0.05) is 32.2 Å². The maximum atomic E-state index is 8.75. The number of piperazine rings is 1. The second kappa shape index (κ2) is 6.81. The Morgan fingerprint density at radius 1 is 1.20 bits per heavy atom. The molecule has 1 atom stereocenters. The predicted molar refractivity (Wildman–Crippen MR) is 62.6 cm³/mol. The van der Waals surface area contributed by atoms with Crippen LogP contribution in [0.5, 0.6) is 0 Å². The first-order chi connectivity index (χ1) is 7.31. The van der Waals surface area contributed by atoms with Crippen molar-refractivity contribution in [3.63, 3.8) is 0 Å². The topological polar surface area (TPSA) is 30.3 Å². The third-order valence-corrected chi connectivity index (χ3v) is 3.26. The van der Waals surface area contributed by atoms with Crippen molar-refractivity contribution in [2.75, 3.05) is 32.7 Å². The fraction of sp³-hybridized carbons (Fsp3) is 0.917. The van der Waals surface area contributed by atoms with E-state index in [2.05, 4.69) is 29.7 Å². The Labute approximate surface area is 93.7 Å². The van der Waals surface area contributed by atoms with Gasteiger partial charge in [0.15, 0.2) is 0 Å². The third-order valence-electron chi connectivity index (χ3n) is 3.26. The summed E-state index contributed by atoms with van der Waals surface area (Å²) in [7, 11) is 0. The summed E-state index contributed by atoms with van der Waals surface area (Å²) in [5.74, 6) is 0. The van der Waals surface area contributed by atoms with E-state index in [0.717, 1.165) is 19.5 Å². The van der Waals surface area contributed by atoms with E-state index in [0.29, 0.717) is 12.5 Å². The van der Waals surface area contributed by atoms with Crippen molar-refractivity contribution >= 4 is 0 Å². The molecule has 0 bridgehead atoms. The molecule has 1 unspecified atom stereocenters. The quantitative estimate of drug-likeness (QED) is 0.690. The molecule has 3 heteroatoms. The number of nitriles is 1. The van der Waals surface area contributed by atoms with Gasteiger partial charge in [0.25, 0.3) is 0 Å². The average Bonchev–Trinajstić information content (AvgIpc) is 2.28. The van der Waals surface area contributed by atoms with Gasteiger partial charge in [-0.05, 0) is 19.4 Å². The SMILES string of the molecule is CCCN1CCN(C(CC)CC#N)CC1. The number of hydrogen-bond acceptors (Lipinski definition) is 3. The first-order valence-electron chi connectivity index (χ1n) is 6.15. The van der Waals surface area contributed by atoms with Gasteiger partial charge in [-0.15, -0.1) is 0 Å². The van der Waals surface area contributed by atoms with Crippen LogP contribution in [0.15, 0.2) is 0 Å². The van der Waals surface area contributed by atoms with E-state index < -0.39 is 0 Å². The average molecular weight is 209 g/mol. The Bertz CT molecular complexity index is 201. The van der Waals surface area contributed by atoms with Crippen molar-refractivity contribution in [1.29, 1.82) is 5.26 Å². The van der Waals surface area contributed by atoms with Crippen LogP contribution < -0.4 is 0 Å². The van der Waals surface area contributed by atoms with Crippen LogP contribution in [-0.4, -0.2) is 48.6 Å². The molecule has 1 rings (SSSR count). The van der Waals surface area contributed by atoms with Crippen LogP contribution in [0.1, 0.15) is 33.1 Å². The zero-order valence-electron chi connectivity index (χ0n) is 10.1. The predicted octanol–water partition coefficient (Wildman–Crippen LogP) is 1.71. The summed E-state index contributed by atoms with van der Waals surface area (Å²) in [6.45, 7) is 10.3. The smallest absolute Gasteiger partial charge is 0.0638 e. The van der Waals surface area contributed by atoms with Crippen LogP contribution in [0.2, 0.25) is 0 Å². The highest BCUT2D eigenvalue weighted by molar-refractivity contribution is 4.84. The minimum absolute atomic E-state index is 0.485. The van der Waals surface area contributed by atoms with Gasteiger partial charge >= 0.3 is 0 Å². The Hall–Kier alpha value is -0.590. The van der Waals surface area contributed by atoms with Crippen molar-refractivity contribution < 1.29 is 0 Å². The molecule has 0 radical (unpaired) electrons. The molecule has 0 saturated carbocycles. The molecule has 1 saturated heterocycles. The summed E-state index contributed by atoms with van der Waals surface area (Å²) in [6, 6.07) is 2.78. The summed E-state index contributed by atoms with van der Waals surface area (Å²) < 4.78 is 0. The maximum Gasteiger partial charge on any atom is 0.0638 e. The second-order valence-electron chi connectivity index (χ2n) is 4.30. The number of rotatable bonds is 5. The molecule has 0 aromatic rings. The first kappa shape index (κ1) is 12.5. The Kier molecular flexibility index (Phi) is 5.67. The minimum Gasteiger partial charge on any atom is -0.301 e. The first-order valence-corrected chi connectivity index (χ1v) is 6.15. The molecule has 1 aliphatic rings. The van der Waals surface area contributed by atoms with E-state index in [1.54, 1.807) is 0 Å². The fourth-order valence-electron chi connectivity index (χ4n) is 2.31. The summed E-state index contributed by atoms with van der Waals surface area (Å²) in [4.78, 5) is 5.00. The van der Waals surface area contributed by atoms with Crippen molar-refractivity contribution in [1.82, 2.24) is 9.80 Å². The van der Waals surface area contributed by atoms with E-state index in [9.17, 15) is 0 Å². The lowest BCUT2D eigenvalue weighted by Gasteiger charge is -2.38. The van der Waals surface area contributed by atoms with Crippen molar-refractivity contribution in [2.45, 2.75) is 39.2 Å². The monoisotopic (exact) mass is 209 g/mol. The van der Waals surface area contributed by atoms with E-state index in [1.807, 2.05) is 0 Å². The molecule has 0 N–H and O–H groups in total. The van der Waals surface area contributed by atoms with Gasteiger partial charge in [0.1, 0.15) is 0 Å². The highest BCUT2D eigenvalue weighted by Crippen LogP contribution is 2.12. The molecule has 86 valence electrons.